The molecular weight excluding hydrogens is 759 g/mol. The maximum Gasteiger partial charge on any atom is 0.312 e. The van der Waals surface area contributed by atoms with Crippen LogP contribution in [0.25, 0.3) is 21.6 Å². The second-order valence-electron chi connectivity index (χ2n) is 15.6. The standard InChI is InChI=1S/C39H49N7O8S2/c1-21(2)29-20-55-35(42-29)28-17-32(26-14-15-31(53-4)22(3)33(26)41-28)54-24-16-30-34(47)44-39(37(49)45-56(51,52)25-12-13-25)18-23(39)10-8-6-5-7-9-11-27(43-38(40)50)36(48)46(30)19-24/h8,10,14-15,17,20-21,23-25,27,30H,5-7,9,11-13,16,18-19H2,1-4H3,(H,44,47)(H,45,49)(H3,40,43,50)/t23-,24-,27+,30+,39-/m1/s1. The number of rotatable bonds is 9. The van der Waals surface area contributed by atoms with E-state index in [1.807, 2.05) is 42.7 Å². The summed E-state index contributed by atoms with van der Waals surface area (Å²) in [6, 6.07) is 2.51. The number of urea groups is 1. The lowest BCUT2D eigenvalue weighted by atomic mass is 10.0. The number of methoxy groups -OCH3 is 1. The fraction of sp³-hybridized carbons (Fsp3) is 0.538. The fourth-order valence-electron chi connectivity index (χ4n) is 7.68. The van der Waals surface area contributed by atoms with E-state index in [2.05, 4.69) is 29.2 Å². The van der Waals surface area contributed by atoms with Gasteiger partial charge >= 0.3 is 6.03 Å². The van der Waals surface area contributed by atoms with Gasteiger partial charge in [0.1, 0.15) is 45.9 Å². The summed E-state index contributed by atoms with van der Waals surface area (Å²) in [5.74, 6) is -1.03. The van der Waals surface area contributed by atoms with E-state index in [9.17, 15) is 27.6 Å². The molecule has 2 aliphatic heterocycles. The van der Waals surface area contributed by atoms with Gasteiger partial charge in [0, 0.05) is 34.7 Å². The number of hydrogen-bond donors (Lipinski definition) is 4. The van der Waals surface area contributed by atoms with E-state index in [1.54, 1.807) is 7.11 Å². The second kappa shape index (κ2) is 15.6. The number of carbonyl (C=O) groups excluding carboxylic acids is 4. The molecule has 0 radical (unpaired) electrons. The number of benzene rings is 1. The molecule has 7 rings (SSSR count). The van der Waals surface area contributed by atoms with Gasteiger partial charge in [-0.05, 0) is 63.5 Å². The summed E-state index contributed by atoms with van der Waals surface area (Å²) in [5.41, 5.74) is 6.99. The Morgan fingerprint density at radius 3 is 2.59 bits per heavy atom. The van der Waals surface area contributed by atoms with Gasteiger partial charge in [-0.1, -0.05) is 38.8 Å². The highest BCUT2D eigenvalue weighted by molar-refractivity contribution is 7.91. The first-order chi connectivity index (χ1) is 26.7. The van der Waals surface area contributed by atoms with E-state index < -0.39 is 68.7 Å². The number of nitrogens with zero attached hydrogens (tertiary/aromatic N) is 3. The first-order valence-electron chi connectivity index (χ1n) is 19.2. The molecule has 300 valence electrons. The van der Waals surface area contributed by atoms with Gasteiger partial charge in [0.2, 0.25) is 21.8 Å². The Hall–Kier alpha value is -4.77. The van der Waals surface area contributed by atoms with Crippen LogP contribution in [0.5, 0.6) is 11.5 Å². The van der Waals surface area contributed by atoms with Crippen molar-refractivity contribution in [1.82, 2.24) is 30.2 Å². The van der Waals surface area contributed by atoms with Crippen molar-refractivity contribution < 1.29 is 37.1 Å². The third kappa shape index (κ3) is 8.06. The molecular formula is C39H49N7O8S2. The van der Waals surface area contributed by atoms with E-state index in [4.69, 9.17) is 25.2 Å². The minimum atomic E-state index is -3.90. The molecule has 1 aromatic carbocycles. The molecule has 3 aromatic rings. The van der Waals surface area contributed by atoms with Crippen molar-refractivity contribution in [3.63, 3.8) is 0 Å². The minimum absolute atomic E-state index is 0.0184. The van der Waals surface area contributed by atoms with Crippen molar-refractivity contribution in [3.05, 3.63) is 47.0 Å². The molecule has 4 heterocycles. The number of nitrogens with two attached hydrogens (primary N) is 1. The van der Waals surface area contributed by atoms with Crippen LogP contribution in [0.2, 0.25) is 0 Å². The molecule has 56 heavy (non-hydrogen) atoms. The molecule has 2 saturated carbocycles. The fourth-order valence-corrected chi connectivity index (χ4v) is 9.98. The average Bonchev–Trinajstić information content (AvgIpc) is 4.03. The largest absolute Gasteiger partial charge is 0.496 e. The van der Waals surface area contributed by atoms with Crippen LogP contribution in [0.1, 0.15) is 88.8 Å². The zero-order valence-electron chi connectivity index (χ0n) is 32.0. The predicted molar refractivity (Wildman–Crippen MR) is 211 cm³/mol. The van der Waals surface area contributed by atoms with Gasteiger partial charge in [-0.25, -0.2) is 23.2 Å². The van der Waals surface area contributed by atoms with Crippen molar-refractivity contribution in [1.29, 1.82) is 0 Å². The van der Waals surface area contributed by atoms with Gasteiger partial charge in [0.15, 0.2) is 0 Å². The van der Waals surface area contributed by atoms with E-state index >= 15 is 0 Å². The molecule has 1 saturated heterocycles. The third-order valence-electron chi connectivity index (χ3n) is 11.2. The number of carbonyl (C=O) groups is 4. The number of aryl methyl sites for hydroxylation is 1. The Morgan fingerprint density at radius 1 is 1.11 bits per heavy atom. The summed E-state index contributed by atoms with van der Waals surface area (Å²) in [6.45, 7) is 6.03. The molecule has 2 aliphatic carbocycles. The summed E-state index contributed by atoms with van der Waals surface area (Å²) in [5, 5.41) is 8.24. The SMILES string of the molecule is COc1ccc2c(O[C@@H]3C[C@H]4C(=O)N[C@]5(C(=O)NS(=O)(=O)C6CC6)C[C@H]5C=CCCCCC[C@H](NC(N)=O)C(=O)N4C3)cc(-c3nc(C(C)C)cs3)nc2c1C. The number of ether oxygens (including phenoxy) is 2. The Morgan fingerprint density at radius 2 is 1.89 bits per heavy atom. The predicted octanol–water partition coefficient (Wildman–Crippen LogP) is 4.19. The quantitative estimate of drug-likeness (QED) is 0.227. The van der Waals surface area contributed by atoms with Crippen LogP contribution < -0.4 is 30.6 Å². The highest BCUT2D eigenvalue weighted by atomic mass is 32.2. The summed E-state index contributed by atoms with van der Waals surface area (Å²) in [6.07, 6.45) is 7.45. The number of aromatic nitrogens is 2. The van der Waals surface area contributed by atoms with Crippen LogP contribution in [-0.2, 0) is 24.4 Å². The number of hydrogen-bond acceptors (Lipinski definition) is 11. The number of sulfonamides is 1. The number of pyridine rings is 1. The topological polar surface area (TPSA) is 212 Å². The summed E-state index contributed by atoms with van der Waals surface area (Å²) >= 11 is 1.47. The van der Waals surface area contributed by atoms with E-state index in [1.165, 1.54) is 16.2 Å². The Bertz CT molecular complexity index is 2190. The van der Waals surface area contributed by atoms with Gasteiger partial charge in [0.25, 0.3) is 5.91 Å². The number of thiazole rings is 1. The molecule has 0 unspecified atom stereocenters. The second-order valence-corrected chi connectivity index (χ2v) is 18.4. The number of allylic oxidation sites excluding steroid dienone is 1. The normalized spacial score (nSPS) is 25.8. The smallest absolute Gasteiger partial charge is 0.312 e. The number of fused-ring (bicyclic) bond motifs is 3. The molecule has 5 atom stereocenters. The van der Waals surface area contributed by atoms with E-state index in [0.29, 0.717) is 65.2 Å². The monoisotopic (exact) mass is 807 g/mol. The Kier molecular flexibility index (Phi) is 11.0. The van der Waals surface area contributed by atoms with Crippen molar-refractivity contribution in [2.75, 3.05) is 13.7 Å². The van der Waals surface area contributed by atoms with Crippen LogP contribution in [0, 0.1) is 12.8 Å². The van der Waals surface area contributed by atoms with Crippen molar-refractivity contribution in [3.8, 4) is 22.2 Å². The molecule has 0 bridgehead atoms. The average molecular weight is 808 g/mol. The van der Waals surface area contributed by atoms with Gasteiger partial charge in [-0.15, -0.1) is 11.3 Å². The first kappa shape index (κ1) is 39.5. The number of nitrogens with one attached hydrogen (secondary N) is 3. The molecule has 0 spiro atoms. The van der Waals surface area contributed by atoms with E-state index in [-0.39, 0.29) is 25.3 Å². The maximum atomic E-state index is 14.4. The molecule has 5 N–H and O–H groups in total. The molecule has 4 aliphatic rings. The number of primary amides is 1. The van der Waals surface area contributed by atoms with Gasteiger partial charge in [0.05, 0.1) is 30.1 Å². The number of amides is 5. The molecule has 5 amide bonds. The van der Waals surface area contributed by atoms with E-state index in [0.717, 1.165) is 24.1 Å². The van der Waals surface area contributed by atoms with Crippen LogP contribution >= 0.6 is 11.3 Å². The van der Waals surface area contributed by atoms with Crippen molar-refractivity contribution in [2.24, 2.45) is 11.7 Å². The van der Waals surface area contributed by atoms with Crippen LogP contribution in [0.3, 0.4) is 0 Å². The molecule has 2 aromatic heterocycles. The van der Waals surface area contributed by atoms with Gasteiger partial charge in [-0.3, -0.25) is 19.1 Å². The van der Waals surface area contributed by atoms with Crippen LogP contribution in [-0.4, -0.2) is 89.7 Å². The summed E-state index contributed by atoms with van der Waals surface area (Å²) in [4.78, 5) is 65.9. The van der Waals surface area contributed by atoms with Crippen molar-refractivity contribution in [2.45, 2.75) is 113 Å². The van der Waals surface area contributed by atoms with Crippen molar-refractivity contribution >= 4 is 56.0 Å². The van der Waals surface area contributed by atoms with Crippen LogP contribution in [0.15, 0.2) is 35.7 Å². The highest BCUT2D eigenvalue weighted by Crippen LogP contribution is 2.46. The Balaban J connectivity index is 1.24. The van der Waals surface area contributed by atoms with Gasteiger partial charge < -0.3 is 30.7 Å². The lowest BCUT2D eigenvalue weighted by Gasteiger charge is -2.29. The van der Waals surface area contributed by atoms with Crippen LogP contribution in [0.4, 0.5) is 4.79 Å². The molecule has 15 nitrogen and oxygen atoms in total. The lowest BCUT2D eigenvalue weighted by Crippen LogP contribution is -2.58. The minimum Gasteiger partial charge on any atom is -0.496 e. The lowest BCUT2D eigenvalue weighted by molar-refractivity contribution is -0.141. The summed E-state index contributed by atoms with van der Waals surface area (Å²) < 4.78 is 40.3. The zero-order chi connectivity index (χ0) is 39.9. The maximum absolute atomic E-state index is 14.4. The highest BCUT2D eigenvalue weighted by Gasteiger charge is 2.62. The molecule has 17 heteroatoms. The molecule has 3 fully saturated rings. The first-order valence-corrected chi connectivity index (χ1v) is 21.6. The summed E-state index contributed by atoms with van der Waals surface area (Å²) in [7, 11) is -2.31. The zero-order valence-corrected chi connectivity index (χ0v) is 33.6. The van der Waals surface area contributed by atoms with Gasteiger partial charge in [-0.2, -0.15) is 0 Å². The third-order valence-corrected chi connectivity index (χ3v) is 13.9. The Labute approximate surface area is 330 Å².